The molecule has 356 valence electrons. The molecular formula is C54H104O6. The molecule has 60 heavy (non-hydrogen) atoms. The van der Waals surface area contributed by atoms with Crippen LogP contribution in [0.15, 0.2) is 0 Å². The number of ether oxygens (including phenoxy) is 3. The van der Waals surface area contributed by atoms with Gasteiger partial charge in [0.25, 0.3) is 0 Å². The highest BCUT2D eigenvalue weighted by Gasteiger charge is 2.19. The van der Waals surface area contributed by atoms with Gasteiger partial charge in [0.2, 0.25) is 0 Å². The number of carbonyl (C=O) groups is 3. The van der Waals surface area contributed by atoms with Crippen molar-refractivity contribution in [2.24, 2.45) is 0 Å². The summed E-state index contributed by atoms with van der Waals surface area (Å²) in [5, 5.41) is 0. The summed E-state index contributed by atoms with van der Waals surface area (Å²) < 4.78 is 16.8. The Labute approximate surface area is 374 Å². The molecule has 0 saturated heterocycles. The van der Waals surface area contributed by atoms with Crippen LogP contribution >= 0.6 is 0 Å². The summed E-state index contributed by atoms with van der Waals surface area (Å²) in [6, 6.07) is 0. The zero-order valence-electron chi connectivity index (χ0n) is 40.8. The topological polar surface area (TPSA) is 78.9 Å². The summed E-state index contributed by atoms with van der Waals surface area (Å²) in [7, 11) is 0. The molecule has 0 fully saturated rings. The molecule has 0 aliphatic rings. The maximum Gasteiger partial charge on any atom is 0.306 e. The van der Waals surface area contributed by atoms with E-state index in [4.69, 9.17) is 14.2 Å². The molecule has 0 aromatic rings. The van der Waals surface area contributed by atoms with Gasteiger partial charge in [-0.25, -0.2) is 0 Å². The van der Waals surface area contributed by atoms with Crippen molar-refractivity contribution in [1.29, 1.82) is 0 Å². The van der Waals surface area contributed by atoms with Gasteiger partial charge in [0, 0.05) is 19.3 Å². The van der Waals surface area contributed by atoms with Gasteiger partial charge in [0.1, 0.15) is 13.2 Å². The van der Waals surface area contributed by atoms with E-state index in [1.165, 1.54) is 212 Å². The lowest BCUT2D eigenvalue weighted by Crippen LogP contribution is -2.30. The first-order chi connectivity index (χ1) is 29.5. The van der Waals surface area contributed by atoms with Crippen LogP contribution in [0.25, 0.3) is 0 Å². The molecule has 0 amide bonds. The first kappa shape index (κ1) is 58.4. The van der Waals surface area contributed by atoms with Crippen LogP contribution in [0.1, 0.15) is 310 Å². The molecule has 0 unspecified atom stereocenters. The van der Waals surface area contributed by atoms with Crippen molar-refractivity contribution in [1.82, 2.24) is 0 Å². The minimum absolute atomic E-state index is 0.0615. The van der Waals surface area contributed by atoms with Crippen LogP contribution in [-0.4, -0.2) is 37.2 Å². The molecule has 0 aromatic carbocycles. The fraction of sp³-hybridized carbons (Fsp3) is 0.944. The molecule has 6 nitrogen and oxygen atoms in total. The van der Waals surface area contributed by atoms with Crippen molar-refractivity contribution in [3.63, 3.8) is 0 Å². The second-order valence-electron chi connectivity index (χ2n) is 18.5. The SMILES string of the molecule is CCCCCCCCCCCCCCCCCCC(=O)O[C@H](COC(=O)CCCCCCCCCCCCC)COC(=O)CCCCCCCCCCCCCCCCC. The highest BCUT2D eigenvalue weighted by Crippen LogP contribution is 2.17. The van der Waals surface area contributed by atoms with Crippen LogP contribution in [0.4, 0.5) is 0 Å². The lowest BCUT2D eigenvalue weighted by Gasteiger charge is -2.18. The van der Waals surface area contributed by atoms with Crippen LogP contribution < -0.4 is 0 Å². The normalized spacial score (nSPS) is 11.8. The van der Waals surface area contributed by atoms with E-state index in [1.54, 1.807) is 0 Å². The van der Waals surface area contributed by atoms with E-state index in [-0.39, 0.29) is 31.1 Å². The zero-order valence-corrected chi connectivity index (χ0v) is 40.8. The Morgan fingerprint density at radius 2 is 0.450 bits per heavy atom. The number of rotatable bonds is 50. The molecule has 0 bridgehead atoms. The Bertz CT molecular complexity index is 889. The van der Waals surface area contributed by atoms with Crippen molar-refractivity contribution in [3.8, 4) is 0 Å². The van der Waals surface area contributed by atoms with Crippen molar-refractivity contribution in [2.45, 2.75) is 316 Å². The monoisotopic (exact) mass is 849 g/mol. The van der Waals surface area contributed by atoms with Crippen molar-refractivity contribution >= 4 is 17.9 Å². The highest BCUT2D eigenvalue weighted by molar-refractivity contribution is 5.71. The van der Waals surface area contributed by atoms with Crippen molar-refractivity contribution in [3.05, 3.63) is 0 Å². The van der Waals surface area contributed by atoms with E-state index in [0.29, 0.717) is 19.3 Å². The van der Waals surface area contributed by atoms with Crippen LogP contribution in [0.5, 0.6) is 0 Å². The van der Waals surface area contributed by atoms with Gasteiger partial charge in [0.05, 0.1) is 0 Å². The summed E-state index contributed by atoms with van der Waals surface area (Å²) in [6.07, 6.45) is 53.7. The molecular weight excluding hydrogens is 745 g/mol. The molecule has 0 N–H and O–H groups in total. The van der Waals surface area contributed by atoms with Crippen LogP contribution in [-0.2, 0) is 28.6 Å². The number of hydrogen-bond acceptors (Lipinski definition) is 6. The van der Waals surface area contributed by atoms with E-state index in [9.17, 15) is 14.4 Å². The second kappa shape index (κ2) is 50.1. The average Bonchev–Trinajstić information content (AvgIpc) is 3.24. The molecule has 6 heteroatoms. The molecule has 0 rings (SSSR count). The standard InChI is InChI=1S/C54H104O6/c1-4-7-10-13-16-19-22-24-26-28-30-33-36-39-42-45-48-54(57)60-51(49-58-52(55)46-43-40-37-34-31-21-18-15-12-9-6-3)50-59-53(56)47-44-41-38-35-32-29-27-25-23-20-17-14-11-8-5-2/h51H,4-50H2,1-3H3/t51-/m1/s1. The molecule has 1 atom stereocenters. The Balaban J connectivity index is 4.28. The minimum atomic E-state index is -0.759. The van der Waals surface area contributed by atoms with Crippen LogP contribution in [0, 0.1) is 0 Å². The van der Waals surface area contributed by atoms with Crippen LogP contribution in [0.3, 0.4) is 0 Å². The molecule has 0 heterocycles. The molecule has 0 aliphatic carbocycles. The molecule has 0 aromatic heterocycles. The summed E-state index contributed by atoms with van der Waals surface area (Å²) >= 11 is 0. The van der Waals surface area contributed by atoms with E-state index in [0.717, 1.165) is 57.8 Å². The second-order valence-corrected chi connectivity index (χ2v) is 18.5. The first-order valence-electron chi connectivity index (χ1n) is 27.0. The first-order valence-corrected chi connectivity index (χ1v) is 27.0. The highest BCUT2D eigenvalue weighted by atomic mass is 16.6. The predicted molar refractivity (Wildman–Crippen MR) is 257 cm³/mol. The van der Waals surface area contributed by atoms with E-state index >= 15 is 0 Å². The summed E-state index contributed by atoms with van der Waals surface area (Å²) in [4.78, 5) is 38.0. The number of unbranched alkanes of at least 4 members (excludes halogenated alkanes) is 39. The van der Waals surface area contributed by atoms with Gasteiger partial charge >= 0.3 is 17.9 Å². The average molecular weight is 849 g/mol. The van der Waals surface area contributed by atoms with E-state index < -0.39 is 6.10 Å². The maximum absolute atomic E-state index is 12.8. The Kier molecular flexibility index (Phi) is 48.7. The van der Waals surface area contributed by atoms with Gasteiger partial charge in [-0.15, -0.1) is 0 Å². The van der Waals surface area contributed by atoms with Crippen molar-refractivity contribution in [2.75, 3.05) is 13.2 Å². The van der Waals surface area contributed by atoms with Gasteiger partial charge in [0.15, 0.2) is 6.10 Å². The number of esters is 3. The molecule has 0 aliphatic heterocycles. The Morgan fingerprint density at radius 1 is 0.267 bits per heavy atom. The molecule has 0 radical (unpaired) electrons. The fourth-order valence-corrected chi connectivity index (χ4v) is 8.27. The predicted octanol–water partition coefficient (Wildman–Crippen LogP) is 17.6. The minimum Gasteiger partial charge on any atom is -0.462 e. The quantitative estimate of drug-likeness (QED) is 0.0345. The van der Waals surface area contributed by atoms with Crippen molar-refractivity contribution < 1.29 is 28.6 Å². The number of carbonyl (C=O) groups excluding carboxylic acids is 3. The van der Waals surface area contributed by atoms with Gasteiger partial charge in [-0.2, -0.15) is 0 Å². The van der Waals surface area contributed by atoms with E-state index in [1.807, 2.05) is 0 Å². The van der Waals surface area contributed by atoms with Gasteiger partial charge < -0.3 is 14.2 Å². The lowest BCUT2D eigenvalue weighted by molar-refractivity contribution is -0.167. The van der Waals surface area contributed by atoms with E-state index in [2.05, 4.69) is 20.8 Å². The Hall–Kier alpha value is -1.59. The molecule has 0 saturated carbocycles. The lowest BCUT2D eigenvalue weighted by atomic mass is 10.0. The number of hydrogen-bond donors (Lipinski definition) is 0. The molecule has 0 spiro atoms. The third-order valence-electron chi connectivity index (χ3n) is 12.4. The summed E-state index contributed by atoms with van der Waals surface area (Å²) in [5.41, 5.74) is 0. The van der Waals surface area contributed by atoms with Gasteiger partial charge in [-0.1, -0.05) is 271 Å². The smallest absolute Gasteiger partial charge is 0.306 e. The van der Waals surface area contributed by atoms with Crippen LogP contribution in [0.2, 0.25) is 0 Å². The zero-order chi connectivity index (χ0) is 43.7. The third kappa shape index (κ3) is 47.5. The fourth-order valence-electron chi connectivity index (χ4n) is 8.27. The largest absolute Gasteiger partial charge is 0.462 e. The summed E-state index contributed by atoms with van der Waals surface area (Å²) in [6.45, 7) is 6.69. The van der Waals surface area contributed by atoms with Gasteiger partial charge in [-0.3, -0.25) is 14.4 Å². The third-order valence-corrected chi connectivity index (χ3v) is 12.4. The summed E-state index contributed by atoms with van der Waals surface area (Å²) in [5.74, 6) is -0.838. The Morgan fingerprint density at radius 3 is 0.667 bits per heavy atom. The maximum atomic E-state index is 12.8. The van der Waals surface area contributed by atoms with Gasteiger partial charge in [-0.05, 0) is 19.3 Å².